The van der Waals surface area contributed by atoms with E-state index in [1.165, 1.54) is 0 Å². The standard InChI is InChI=1S/C16H23N3O/c1-5-18-14-7-8-15(13(4)9-14)16(20)19(6-2)11-12(3)10-17/h7-9,12,18H,5-6,11H2,1-4H3. The molecule has 1 unspecified atom stereocenters. The lowest BCUT2D eigenvalue weighted by Crippen LogP contribution is -2.34. The van der Waals surface area contributed by atoms with Gasteiger partial charge in [0.25, 0.3) is 5.91 Å². The third-order valence-electron chi connectivity index (χ3n) is 3.22. The zero-order valence-corrected chi connectivity index (χ0v) is 12.7. The van der Waals surface area contributed by atoms with Crippen molar-refractivity contribution in [1.29, 1.82) is 5.26 Å². The summed E-state index contributed by atoms with van der Waals surface area (Å²) in [5, 5.41) is 12.1. The molecule has 0 heterocycles. The molecule has 0 fully saturated rings. The first kappa shape index (κ1) is 16.0. The summed E-state index contributed by atoms with van der Waals surface area (Å²) < 4.78 is 0. The van der Waals surface area contributed by atoms with E-state index >= 15 is 0 Å². The molecular formula is C16H23N3O. The maximum atomic E-state index is 12.5. The fourth-order valence-electron chi connectivity index (χ4n) is 2.12. The Hall–Kier alpha value is -2.02. The second kappa shape index (κ2) is 7.54. The van der Waals surface area contributed by atoms with Crippen LogP contribution in [0.1, 0.15) is 36.7 Å². The van der Waals surface area contributed by atoms with Crippen molar-refractivity contribution in [3.63, 3.8) is 0 Å². The van der Waals surface area contributed by atoms with Gasteiger partial charge in [-0.3, -0.25) is 4.79 Å². The van der Waals surface area contributed by atoms with Crippen LogP contribution < -0.4 is 5.32 Å². The summed E-state index contributed by atoms with van der Waals surface area (Å²) in [6.45, 7) is 9.68. The van der Waals surface area contributed by atoms with Gasteiger partial charge in [0, 0.05) is 30.9 Å². The molecule has 0 aliphatic carbocycles. The molecule has 0 saturated heterocycles. The quantitative estimate of drug-likeness (QED) is 0.866. The van der Waals surface area contributed by atoms with Gasteiger partial charge < -0.3 is 10.2 Å². The van der Waals surface area contributed by atoms with Crippen molar-refractivity contribution >= 4 is 11.6 Å². The van der Waals surface area contributed by atoms with Gasteiger partial charge in [-0.05, 0) is 51.5 Å². The molecule has 0 bridgehead atoms. The minimum absolute atomic E-state index is 0.00449. The third-order valence-corrected chi connectivity index (χ3v) is 3.22. The summed E-state index contributed by atoms with van der Waals surface area (Å²) in [5.41, 5.74) is 2.69. The lowest BCUT2D eigenvalue weighted by Gasteiger charge is -2.23. The number of aryl methyl sites for hydroxylation is 1. The minimum atomic E-state index is -0.153. The topological polar surface area (TPSA) is 56.1 Å². The zero-order valence-electron chi connectivity index (χ0n) is 12.7. The van der Waals surface area contributed by atoms with E-state index in [9.17, 15) is 4.79 Å². The predicted octanol–water partition coefficient (Wildman–Crippen LogP) is 3.05. The van der Waals surface area contributed by atoms with E-state index in [4.69, 9.17) is 5.26 Å². The van der Waals surface area contributed by atoms with Crippen LogP contribution in [0.2, 0.25) is 0 Å². The molecule has 0 radical (unpaired) electrons. The SMILES string of the molecule is CCNc1ccc(C(=O)N(CC)CC(C)C#N)c(C)c1. The van der Waals surface area contributed by atoms with Gasteiger partial charge in [0.2, 0.25) is 0 Å². The summed E-state index contributed by atoms with van der Waals surface area (Å²) in [5.74, 6) is -0.157. The van der Waals surface area contributed by atoms with Gasteiger partial charge in [0.05, 0.1) is 12.0 Å². The van der Waals surface area contributed by atoms with Crippen LogP contribution in [0.15, 0.2) is 18.2 Å². The van der Waals surface area contributed by atoms with E-state index < -0.39 is 0 Å². The highest BCUT2D eigenvalue weighted by Crippen LogP contribution is 2.17. The number of carbonyl (C=O) groups excluding carboxylic acids is 1. The zero-order chi connectivity index (χ0) is 15.1. The van der Waals surface area contributed by atoms with Crippen molar-refractivity contribution in [2.24, 2.45) is 5.92 Å². The lowest BCUT2D eigenvalue weighted by molar-refractivity contribution is 0.0752. The van der Waals surface area contributed by atoms with Gasteiger partial charge in [0.1, 0.15) is 0 Å². The number of amides is 1. The first-order chi connectivity index (χ1) is 9.53. The van der Waals surface area contributed by atoms with E-state index in [1.54, 1.807) is 4.90 Å². The van der Waals surface area contributed by atoms with E-state index in [2.05, 4.69) is 11.4 Å². The average Bonchev–Trinajstić information content (AvgIpc) is 2.44. The van der Waals surface area contributed by atoms with E-state index in [-0.39, 0.29) is 11.8 Å². The average molecular weight is 273 g/mol. The number of carbonyl (C=O) groups is 1. The van der Waals surface area contributed by atoms with Crippen LogP contribution in [-0.2, 0) is 0 Å². The number of hydrogen-bond acceptors (Lipinski definition) is 3. The van der Waals surface area contributed by atoms with E-state index in [1.807, 2.05) is 45.9 Å². The van der Waals surface area contributed by atoms with Crippen molar-refractivity contribution in [3.05, 3.63) is 29.3 Å². The summed E-state index contributed by atoms with van der Waals surface area (Å²) in [7, 11) is 0. The first-order valence-corrected chi connectivity index (χ1v) is 7.06. The molecule has 0 spiro atoms. The highest BCUT2D eigenvalue weighted by Gasteiger charge is 2.18. The Morgan fingerprint density at radius 1 is 1.45 bits per heavy atom. The molecule has 20 heavy (non-hydrogen) atoms. The summed E-state index contributed by atoms with van der Waals surface area (Å²) in [4.78, 5) is 14.2. The molecule has 1 amide bonds. The van der Waals surface area contributed by atoms with Crippen LogP contribution in [0.4, 0.5) is 5.69 Å². The second-order valence-electron chi connectivity index (χ2n) is 4.93. The molecular weight excluding hydrogens is 250 g/mol. The van der Waals surface area contributed by atoms with Crippen LogP contribution in [0.5, 0.6) is 0 Å². The van der Waals surface area contributed by atoms with Crippen LogP contribution in [0, 0.1) is 24.2 Å². The molecule has 1 rings (SSSR count). The molecule has 4 heteroatoms. The summed E-state index contributed by atoms with van der Waals surface area (Å²) in [6, 6.07) is 7.94. The fourth-order valence-corrected chi connectivity index (χ4v) is 2.12. The van der Waals surface area contributed by atoms with Crippen LogP contribution in [-0.4, -0.2) is 30.4 Å². The molecule has 1 N–H and O–H groups in total. The Labute approximate surface area is 121 Å². The summed E-state index contributed by atoms with van der Waals surface area (Å²) >= 11 is 0. The number of benzene rings is 1. The molecule has 4 nitrogen and oxygen atoms in total. The van der Waals surface area contributed by atoms with Gasteiger partial charge in [-0.25, -0.2) is 0 Å². The Balaban J connectivity index is 2.92. The van der Waals surface area contributed by atoms with Gasteiger partial charge >= 0.3 is 0 Å². The number of nitriles is 1. The molecule has 1 aromatic rings. The van der Waals surface area contributed by atoms with Gasteiger partial charge in [-0.1, -0.05) is 0 Å². The summed E-state index contributed by atoms with van der Waals surface area (Å²) in [6.07, 6.45) is 0. The Kier molecular flexibility index (Phi) is 6.05. The molecule has 1 aromatic carbocycles. The van der Waals surface area contributed by atoms with Crippen molar-refractivity contribution in [1.82, 2.24) is 4.90 Å². The number of anilines is 1. The highest BCUT2D eigenvalue weighted by molar-refractivity contribution is 5.96. The number of hydrogen-bond donors (Lipinski definition) is 1. The maximum absolute atomic E-state index is 12.5. The Bertz CT molecular complexity index is 505. The third kappa shape index (κ3) is 3.99. The largest absolute Gasteiger partial charge is 0.385 e. The molecule has 108 valence electrons. The second-order valence-corrected chi connectivity index (χ2v) is 4.93. The smallest absolute Gasteiger partial charge is 0.254 e. The monoisotopic (exact) mass is 273 g/mol. The highest BCUT2D eigenvalue weighted by atomic mass is 16.2. The number of nitrogens with one attached hydrogen (secondary N) is 1. The van der Waals surface area contributed by atoms with Gasteiger partial charge in [-0.15, -0.1) is 0 Å². The van der Waals surface area contributed by atoms with E-state index in [0.29, 0.717) is 18.7 Å². The lowest BCUT2D eigenvalue weighted by atomic mass is 10.1. The van der Waals surface area contributed by atoms with Crippen molar-refractivity contribution in [2.75, 3.05) is 25.0 Å². The van der Waals surface area contributed by atoms with Crippen LogP contribution in [0.25, 0.3) is 0 Å². The molecule has 0 aliphatic heterocycles. The first-order valence-electron chi connectivity index (χ1n) is 7.06. The van der Waals surface area contributed by atoms with Crippen LogP contribution in [0.3, 0.4) is 0 Å². The van der Waals surface area contributed by atoms with Crippen molar-refractivity contribution in [3.8, 4) is 6.07 Å². The maximum Gasteiger partial charge on any atom is 0.254 e. The molecule has 0 saturated carbocycles. The number of rotatable bonds is 6. The Morgan fingerprint density at radius 2 is 2.15 bits per heavy atom. The van der Waals surface area contributed by atoms with Gasteiger partial charge in [0.15, 0.2) is 0 Å². The van der Waals surface area contributed by atoms with E-state index in [0.717, 1.165) is 17.8 Å². The fraction of sp³-hybridized carbons (Fsp3) is 0.500. The minimum Gasteiger partial charge on any atom is -0.385 e. The van der Waals surface area contributed by atoms with Gasteiger partial charge in [-0.2, -0.15) is 5.26 Å². The van der Waals surface area contributed by atoms with Crippen molar-refractivity contribution in [2.45, 2.75) is 27.7 Å². The predicted molar refractivity (Wildman–Crippen MR) is 81.7 cm³/mol. The Morgan fingerprint density at radius 3 is 2.65 bits per heavy atom. The van der Waals surface area contributed by atoms with Crippen LogP contribution >= 0.6 is 0 Å². The molecule has 1 atom stereocenters. The normalized spacial score (nSPS) is 11.6. The van der Waals surface area contributed by atoms with Crippen molar-refractivity contribution < 1.29 is 4.79 Å². The number of nitrogens with zero attached hydrogens (tertiary/aromatic N) is 2. The molecule has 0 aromatic heterocycles. The molecule has 0 aliphatic rings.